The van der Waals surface area contributed by atoms with Crippen LogP contribution in [0.4, 0.5) is 4.39 Å². The van der Waals surface area contributed by atoms with Crippen molar-refractivity contribution in [3.8, 4) is 5.75 Å². The molecule has 1 unspecified atom stereocenters. The molecule has 2 N–H and O–H groups in total. The molecule has 106 valence electrons. The molecule has 3 heteroatoms. The Hall–Kier alpha value is -1.87. The van der Waals surface area contributed by atoms with Crippen molar-refractivity contribution in [1.29, 1.82) is 0 Å². The summed E-state index contributed by atoms with van der Waals surface area (Å²) in [6.07, 6.45) is 0. The molecule has 2 aromatic rings. The number of hydrogen-bond donors (Lipinski definition) is 2. The number of phenols is 1. The van der Waals surface area contributed by atoms with E-state index >= 15 is 0 Å². The van der Waals surface area contributed by atoms with Crippen molar-refractivity contribution in [2.24, 2.45) is 0 Å². The van der Waals surface area contributed by atoms with Crippen LogP contribution in [0.25, 0.3) is 0 Å². The summed E-state index contributed by atoms with van der Waals surface area (Å²) in [5.41, 5.74) is 4.55. The van der Waals surface area contributed by atoms with E-state index in [1.54, 1.807) is 6.07 Å². The van der Waals surface area contributed by atoms with Gasteiger partial charge in [-0.2, -0.15) is 0 Å². The summed E-state index contributed by atoms with van der Waals surface area (Å²) in [5, 5.41) is 12.6. The second-order valence-corrected chi connectivity index (χ2v) is 5.25. The summed E-state index contributed by atoms with van der Waals surface area (Å²) >= 11 is 0. The third kappa shape index (κ3) is 3.36. The Bertz CT molecular complexity index is 610. The number of rotatable bonds is 4. The molecule has 0 saturated heterocycles. The van der Waals surface area contributed by atoms with Gasteiger partial charge in [-0.25, -0.2) is 4.39 Å². The summed E-state index contributed by atoms with van der Waals surface area (Å²) in [7, 11) is 0. The molecule has 0 spiro atoms. The second kappa shape index (κ2) is 6.06. The predicted molar refractivity (Wildman–Crippen MR) is 79.2 cm³/mol. The quantitative estimate of drug-likeness (QED) is 0.882. The Kier molecular flexibility index (Phi) is 4.40. The van der Waals surface area contributed by atoms with Crippen LogP contribution in [-0.2, 0) is 6.54 Å². The molecular weight excluding hydrogens is 253 g/mol. The van der Waals surface area contributed by atoms with Gasteiger partial charge in [0.1, 0.15) is 0 Å². The van der Waals surface area contributed by atoms with Crippen LogP contribution in [0, 0.1) is 19.7 Å². The van der Waals surface area contributed by atoms with E-state index in [1.165, 1.54) is 28.8 Å². The first-order valence-electron chi connectivity index (χ1n) is 6.75. The van der Waals surface area contributed by atoms with Gasteiger partial charge in [-0.05, 0) is 49.6 Å². The average Bonchev–Trinajstić information content (AvgIpc) is 2.42. The Labute approximate surface area is 119 Å². The number of halogens is 1. The van der Waals surface area contributed by atoms with Crippen LogP contribution >= 0.6 is 0 Å². The number of nitrogens with one attached hydrogen (secondary N) is 1. The molecule has 0 aliphatic rings. The van der Waals surface area contributed by atoms with E-state index < -0.39 is 5.82 Å². The van der Waals surface area contributed by atoms with Gasteiger partial charge in [0.15, 0.2) is 11.6 Å². The fourth-order valence-corrected chi connectivity index (χ4v) is 2.27. The van der Waals surface area contributed by atoms with Crippen LogP contribution in [0.3, 0.4) is 0 Å². The van der Waals surface area contributed by atoms with Gasteiger partial charge in [-0.15, -0.1) is 0 Å². The normalized spacial score (nSPS) is 12.4. The second-order valence-electron chi connectivity index (χ2n) is 5.25. The maximum Gasteiger partial charge on any atom is 0.165 e. The highest BCUT2D eigenvalue weighted by Gasteiger charge is 2.09. The summed E-state index contributed by atoms with van der Waals surface area (Å²) in [6, 6.07) is 11.0. The van der Waals surface area contributed by atoms with E-state index in [-0.39, 0.29) is 11.8 Å². The van der Waals surface area contributed by atoms with Crippen LogP contribution < -0.4 is 5.32 Å². The summed E-state index contributed by atoms with van der Waals surface area (Å²) < 4.78 is 13.3. The molecule has 20 heavy (non-hydrogen) atoms. The predicted octanol–water partition coefficient (Wildman–Crippen LogP) is 4.00. The molecule has 1 atom stereocenters. The Morgan fingerprint density at radius 1 is 1.15 bits per heavy atom. The van der Waals surface area contributed by atoms with Crippen molar-refractivity contribution in [3.63, 3.8) is 0 Å². The maximum absolute atomic E-state index is 13.3. The number of hydrogen-bond acceptors (Lipinski definition) is 2. The van der Waals surface area contributed by atoms with Crippen LogP contribution in [0.1, 0.15) is 35.2 Å². The molecule has 2 nitrogen and oxygen atoms in total. The molecule has 0 heterocycles. The summed E-state index contributed by atoms with van der Waals surface area (Å²) in [6.45, 7) is 6.82. The maximum atomic E-state index is 13.3. The minimum Gasteiger partial charge on any atom is -0.505 e. The van der Waals surface area contributed by atoms with Crippen molar-refractivity contribution in [2.75, 3.05) is 0 Å². The Balaban J connectivity index is 2.06. The van der Waals surface area contributed by atoms with E-state index in [4.69, 9.17) is 0 Å². The monoisotopic (exact) mass is 273 g/mol. The van der Waals surface area contributed by atoms with Crippen molar-refractivity contribution in [3.05, 3.63) is 64.5 Å². The number of aryl methyl sites for hydroxylation is 2. The van der Waals surface area contributed by atoms with Crippen molar-refractivity contribution in [1.82, 2.24) is 5.32 Å². The number of aromatic hydroxyl groups is 1. The number of phenolic OH excluding ortho intramolecular Hbond substituents is 1. The third-order valence-corrected chi connectivity index (χ3v) is 3.53. The molecule has 0 amide bonds. The summed E-state index contributed by atoms with van der Waals surface area (Å²) in [5.74, 6) is -0.889. The van der Waals surface area contributed by atoms with E-state index in [0.717, 1.165) is 5.56 Å². The molecule has 2 rings (SSSR count). The van der Waals surface area contributed by atoms with Gasteiger partial charge in [0, 0.05) is 12.6 Å². The van der Waals surface area contributed by atoms with Crippen LogP contribution in [-0.4, -0.2) is 5.11 Å². The molecule has 0 saturated carbocycles. The lowest BCUT2D eigenvalue weighted by atomic mass is 10.00. The minimum atomic E-state index is -0.580. The molecule has 0 aliphatic heterocycles. The van der Waals surface area contributed by atoms with Gasteiger partial charge in [0.2, 0.25) is 0 Å². The van der Waals surface area contributed by atoms with Crippen LogP contribution in [0.2, 0.25) is 0 Å². The van der Waals surface area contributed by atoms with E-state index in [1.807, 2.05) is 0 Å². The molecule has 0 fully saturated rings. The van der Waals surface area contributed by atoms with E-state index in [9.17, 15) is 9.50 Å². The summed E-state index contributed by atoms with van der Waals surface area (Å²) in [4.78, 5) is 0. The zero-order valence-electron chi connectivity index (χ0n) is 12.1. The first-order chi connectivity index (χ1) is 9.47. The SMILES string of the molecule is Cc1ccc(C)c(C(C)NCc2ccc(O)c(F)c2)c1. The van der Waals surface area contributed by atoms with Crippen molar-refractivity contribution < 1.29 is 9.50 Å². The fourth-order valence-electron chi connectivity index (χ4n) is 2.27. The molecule has 0 aromatic heterocycles. The Morgan fingerprint density at radius 3 is 2.60 bits per heavy atom. The first kappa shape index (κ1) is 14.5. The fraction of sp³-hybridized carbons (Fsp3) is 0.294. The number of benzene rings is 2. The Morgan fingerprint density at radius 2 is 1.90 bits per heavy atom. The van der Waals surface area contributed by atoms with E-state index in [0.29, 0.717) is 6.54 Å². The van der Waals surface area contributed by atoms with Crippen LogP contribution in [0.5, 0.6) is 5.75 Å². The standard InChI is InChI=1S/C17H20FNO/c1-11-4-5-12(2)15(8-11)13(3)19-10-14-6-7-17(20)16(18)9-14/h4-9,13,19-20H,10H2,1-3H3. The van der Waals surface area contributed by atoms with Gasteiger partial charge < -0.3 is 10.4 Å². The molecule has 2 aromatic carbocycles. The lowest BCUT2D eigenvalue weighted by Crippen LogP contribution is -2.19. The highest BCUT2D eigenvalue weighted by molar-refractivity contribution is 5.33. The zero-order valence-corrected chi connectivity index (χ0v) is 12.1. The molecule has 0 bridgehead atoms. The largest absolute Gasteiger partial charge is 0.505 e. The third-order valence-electron chi connectivity index (χ3n) is 3.53. The lowest BCUT2D eigenvalue weighted by Gasteiger charge is -2.17. The van der Waals surface area contributed by atoms with Crippen molar-refractivity contribution in [2.45, 2.75) is 33.4 Å². The van der Waals surface area contributed by atoms with Crippen LogP contribution in [0.15, 0.2) is 36.4 Å². The van der Waals surface area contributed by atoms with Crippen molar-refractivity contribution >= 4 is 0 Å². The average molecular weight is 273 g/mol. The minimum absolute atomic E-state index is 0.187. The van der Waals surface area contributed by atoms with Gasteiger partial charge in [-0.3, -0.25) is 0 Å². The highest BCUT2D eigenvalue weighted by Crippen LogP contribution is 2.20. The first-order valence-corrected chi connectivity index (χ1v) is 6.75. The van der Waals surface area contributed by atoms with Gasteiger partial charge >= 0.3 is 0 Å². The molecule has 0 radical (unpaired) electrons. The zero-order chi connectivity index (χ0) is 14.7. The smallest absolute Gasteiger partial charge is 0.165 e. The lowest BCUT2D eigenvalue weighted by molar-refractivity contribution is 0.431. The highest BCUT2D eigenvalue weighted by atomic mass is 19.1. The van der Waals surface area contributed by atoms with E-state index in [2.05, 4.69) is 44.3 Å². The van der Waals surface area contributed by atoms with Gasteiger partial charge in [0.05, 0.1) is 0 Å². The van der Waals surface area contributed by atoms with Gasteiger partial charge in [0.25, 0.3) is 0 Å². The molecule has 0 aliphatic carbocycles. The molecular formula is C17H20FNO. The van der Waals surface area contributed by atoms with Gasteiger partial charge in [-0.1, -0.05) is 29.8 Å². The topological polar surface area (TPSA) is 32.3 Å².